The van der Waals surface area contributed by atoms with E-state index in [0.717, 1.165) is 32.1 Å². The fraction of sp³-hybridized carbons (Fsp3) is 0.652. The summed E-state index contributed by atoms with van der Waals surface area (Å²) in [5.41, 5.74) is 0.744. The molecule has 1 aromatic carbocycles. The molecule has 1 heterocycles. The van der Waals surface area contributed by atoms with Crippen LogP contribution in [0.3, 0.4) is 0 Å². The number of unbranched alkanes of at least 4 members (excludes halogenated alkanes) is 4. The van der Waals surface area contributed by atoms with Gasteiger partial charge in [-0.2, -0.15) is 10.5 Å². The second-order valence-corrected chi connectivity index (χ2v) is 7.91. The summed E-state index contributed by atoms with van der Waals surface area (Å²) < 4.78 is 0. The number of anilines is 1. The third-order valence-corrected chi connectivity index (χ3v) is 5.70. The van der Waals surface area contributed by atoms with Gasteiger partial charge in [0.25, 0.3) is 0 Å². The molecule has 3 atom stereocenters. The number of para-hydroxylation sites is 1. The lowest BCUT2D eigenvalue weighted by Gasteiger charge is -2.51. The topological polar surface area (TPSA) is 50.8 Å². The van der Waals surface area contributed by atoms with Crippen LogP contribution in [-0.2, 0) is 0 Å². The number of rotatable bonds is 9. The first-order valence-electron chi connectivity index (χ1n) is 10.3. The summed E-state index contributed by atoms with van der Waals surface area (Å²) in [6.07, 6.45) is 10.2. The third-order valence-electron chi connectivity index (χ3n) is 5.70. The largest absolute Gasteiger partial charge is 0.350 e. The average molecular weight is 352 g/mol. The number of hydrogen-bond donors (Lipinski definition) is 0. The summed E-state index contributed by atoms with van der Waals surface area (Å²) in [6, 6.07) is 15.9. The smallest absolute Gasteiger partial charge is 0.128 e. The van der Waals surface area contributed by atoms with E-state index in [0.29, 0.717) is 18.4 Å². The van der Waals surface area contributed by atoms with Gasteiger partial charge >= 0.3 is 0 Å². The van der Waals surface area contributed by atoms with Crippen LogP contribution >= 0.6 is 0 Å². The van der Waals surface area contributed by atoms with Crippen molar-refractivity contribution in [2.24, 2.45) is 5.92 Å². The number of hydrogen-bond acceptors (Lipinski definition) is 3. The maximum atomic E-state index is 10.3. The van der Waals surface area contributed by atoms with Crippen LogP contribution in [-0.4, -0.2) is 11.6 Å². The maximum absolute atomic E-state index is 10.3. The summed E-state index contributed by atoms with van der Waals surface area (Å²) in [6.45, 7) is 4.55. The third kappa shape index (κ3) is 5.01. The van der Waals surface area contributed by atoms with Crippen LogP contribution in [0.4, 0.5) is 5.69 Å². The fourth-order valence-electron chi connectivity index (χ4n) is 4.60. The number of nitrogens with zero attached hydrogens (tertiary/aromatic N) is 3. The Morgan fingerprint density at radius 3 is 2.54 bits per heavy atom. The Bertz CT molecular complexity index is 613. The molecule has 0 spiro atoms. The Hall–Kier alpha value is -2.00. The highest BCUT2D eigenvalue weighted by Gasteiger charge is 2.45. The highest BCUT2D eigenvalue weighted by atomic mass is 15.2. The highest BCUT2D eigenvalue weighted by Crippen LogP contribution is 2.43. The van der Waals surface area contributed by atoms with Crippen LogP contribution < -0.4 is 4.90 Å². The van der Waals surface area contributed by atoms with Crippen LogP contribution in [0.1, 0.15) is 78.1 Å². The van der Waals surface area contributed by atoms with Gasteiger partial charge in [-0.15, -0.1) is 0 Å². The molecule has 1 fully saturated rings. The van der Waals surface area contributed by atoms with Crippen molar-refractivity contribution < 1.29 is 0 Å². The minimum absolute atomic E-state index is 0.434. The molecule has 0 saturated carbocycles. The van der Waals surface area contributed by atoms with Gasteiger partial charge in [0.2, 0.25) is 0 Å². The quantitative estimate of drug-likeness (QED) is 0.496. The molecular formula is C23H33N3. The molecule has 1 aliphatic heterocycles. The molecule has 2 rings (SSSR count). The molecule has 0 amide bonds. The Morgan fingerprint density at radius 1 is 1.12 bits per heavy atom. The summed E-state index contributed by atoms with van der Waals surface area (Å²) in [5, 5.41) is 19.1. The van der Waals surface area contributed by atoms with Gasteiger partial charge in [-0.25, -0.2) is 0 Å². The van der Waals surface area contributed by atoms with E-state index in [2.05, 4.69) is 55.2 Å². The Morgan fingerprint density at radius 2 is 1.88 bits per heavy atom. The van der Waals surface area contributed by atoms with Crippen molar-refractivity contribution in [1.82, 2.24) is 0 Å². The minimum atomic E-state index is -0.439. The van der Waals surface area contributed by atoms with Crippen molar-refractivity contribution in [3.63, 3.8) is 0 Å². The van der Waals surface area contributed by atoms with E-state index < -0.39 is 5.54 Å². The van der Waals surface area contributed by atoms with Gasteiger partial charge in [0.1, 0.15) is 5.54 Å². The van der Waals surface area contributed by atoms with Gasteiger partial charge in [0.15, 0.2) is 0 Å². The van der Waals surface area contributed by atoms with Crippen molar-refractivity contribution in [2.75, 3.05) is 4.90 Å². The van der Waals surface area contributed by atoms with E-state index in [1.807, 2.05) is 6.07 Å². The Balaban J connectivity index is 2.30. The van der Waals surface area contributed by atoms with Gasteiger partial charge in [0.05, 0.1) is 12.1 Å². The number of piperidine rings is 1. The normalized spacial score (nSPS) is 25.5. The lowest BCUT2D eigenvalue weighted by Crippen LogP contribution is -2.58. The molecule has 1 saturated heterocycles. The lowest BCUT2D eigenvalue weighted by molar-refractivity contribution is 0.230. The Kier molecular flexibility index (Phi) is 7.99. The monoisotopic (exact) mass is 351 g/mol. The molecular weight excluding hydrogens is 318 g/mol. The molecule has 0 bridgehead atoms. The molecule has 140 valence electrons. The van der Waals surface area contributed by atoms with Crippen LogP contribution in [0, 0.1) is 28.6 Å². The zero-order valence-electron chi connectivity index (χ0n) is 16.5. The molecule has 0 unspecified atom stereocenters. The van der Waals surface area contributed by atoms with Crippen molar-refractivity contribution >= 4 is 5.69 Å². The molecule has 0 aromatic heterocycles. The van der Waals surface area contributed by atoms with Crippen LogP contribution in [0.5, 0.6) is 0 Å². The molecule has 26 heavy (non-hydrogen) atoms. The molecule has 0 radical (unpaired) electrons. The zero-order chi connectivity index (χ0) is 18.8. The molecule has 1 aromatic rings. The minimum Gasteiger partial charge on any atom is -0.350 e. The first-order chi connectivity index (χ1) is 12.7. The van der Waals surface area contributed by atoms with E-state index in [-0.39, 0.29) is 0 Å². The van der Waals surface area contributed by atoms with E-state index in [1.165, 1.54) is 31.4 Å². The lowest BCUT2D eigenvalue weighted by atomic mass is 9.74. The summed E-state index contributed by atoms with van der Waals surface area (Å²) in [7, 11) is 0. The molecule has 0 aliphatic carbocycles. The van der Waals surface area contributed by atoms with E-state index in [4.69, 9.17) is 5.26 Å². The van der Waals surface area contributed by atoms with Gasteiger partial charge in [-0.05, 0) is 56.6 Å². The fourth-order valence-corrected chi connectivity index (χ4v) is 4.60. The SMILES string of the molecule is CCCCC[C@@H]1C[C@H](C)C[C@](C#N)(CCCCC#N)N1c1ccccc1. The Labute approximate surface area is 159 Å². The molecule has 1 aliphatic rings. The van der Waals surface area contributed by atoms with Gasteiger partial charge in [0, 0.05) is 18.2 Å². The van der Waals surface area contributed by atoms with E-state index >= 15 is 0 Å². The number of nitriles is 2. The molecule has 0 N–H and O–H groups in total. The summed E-state index contributed by atoms with van der Waals surface area (Å²) in [5.74, 6) is 0.567. The number of benzene rings is 1. The average Bonchev–Trinajstić information content (AvgIpc) is 2.66. The second kappa shape index (κ2) is 10.2. The molecule has 3 heteroatoms. The van der Waals surface area contributed by atoms with Crippen molar-refractivity contribution in [3.8, 4) is 12.1 Å². The second-order valence-electron chi connectivity index (χ2n) is 7.91. The van der Waals surface area contributed by atoms with E-state index in [9.17, 15) is 5.26 Å². The first kappa shape index (κ1) is 20.3. The van der Waals surface area contributed by atoms with Gasteiger partial charge in [-0.1, -0.05) is 51.3 Å². The van der Waals surface area contributed by atoms with E-state index in [1.54, 1.807) is 0 Å². The van der Waals surface area contributed by atoms with Crippen LogP contribution in [0.15, 0.2) is 30.3 Å². The first-order valence-corrected chi connectivity index (χ1v) is 10.3. The van der Waals surface area contributed by atoms with Crippen molar-refractivity contribution in [1.29, 1.82) is 10.5 Å². The van der Waals surface area contributed by atoms with Gasteiger partial charge in [-0.3, -0.25) is 0 Å². The summed E-state index contributed by atoms with van der Waals surface area (Å²) >= 11 is 0. The highest BCUT2D eigenvalue weighted by molar-refractivity contribution is 5.53. The maximum Gasteiger partial charge on any atom is 0.128 e. The predicted octanol–water partition coefficient (Wildman–Crippen LogP) is 6.22. The van der Waals surface area contributed by atoms with Crippen molar-refractivity contribution in [2.45, 2.75) is 89.6 Å². The standard InChI is InChI=1S/C23H33N3/c1-3-4-7-14-22-17-20(2)18-23(19-25,15-10-6-11-16-24)26(22)21-12-8-5-9-13-21/h5,8-9,12-13,20,22H,3-4,6-7,10-11,14-15,17-18H2,1-2H3/t20-,22+,23-/m0/s1. The zero-order valence-corrected chi connectivity index (χ0v) is 16.5. The predicted molar refractivity (Wildman–Crippen MR) is 108 cm³/mol. The van der Waals surface area contributed by atoms with Crippen LogP contribution in [0.25, 0.3) is 0 Å². The van der Waals surface area contributed by atoms with Crippen molar-refractivity contribution in [3.05, 3.63) is 30.3 Å². The molecule has 3 nitrogen and oxygen atoms in total. The summed E-state index contributed by atoms with van der Waals surface area (Å²) in [4.78, 5) is 2.45. The van der Waals surface area contributed by atoms with Crippen LogP contribution in [0.2, 0.25) is 0 Å². The van der Waals surface area contributed by atoms with Gasteiger partial charge < -0.3 is 4.90 Å².